The number of nitriles is 1. The van der Waals surface area contributed by atoms with Crippen LogP contribution in [0.5, 0.6) is 0 Å². The van der Waals surface area contributed by atoms with Crippen LogP contribution in [0.4, 0.5) is 5.69 Å². The van der Waals surface area contributed by atoms with E-state index in [4.69, 9.17) is 10.2 Å². The summed E-state index contributed by atoms with van der Waals surface area (Å²) in [6.45, 7) is 0. The molecule has 6 heteroatoms. The van der Waals surface area contributed by atoms with Gasteiger partial charge in [0.25, 0.3) is 0 Å². The second-order valence-corrected chi connectivity index (χ2v) is 7.57. The number of nitrogens with one attached hydrogen (secondary N) is 1. The fourth-order valence-corrected chi connectivity index (χ4v) is 3.81. The number of carbonyl (C=O) groups is 1. The van der Waals surface area contributed by atoms with E-state index in [2.05, 4.69) is 16.4 Å². The van der Waals surface area contributed by atoms with E-state index >= 15 is 0 Å². The Morgan fingerprint density at radius 1 is 1.15 bits per heavy atom. The van der Waals surface area contributed by atoms with Crippen LogP contribution in [0.3, 0.4) is 0 Å². The number of carbonyl (C=O) groups excluding carboxylic acids is 1. The molecule has 0 aliphatic heterocycles. The summed E-state index contributed by atoms with van der Waals surface area (Å²) in [6.07, 6.45) is 2.66. The molecule has 2 aromatic carbocycles. The fourth-order valence-electron chi connectivity index (χ4n) is 2.84. The molecule has 1 fully saturated rings. The van der Waals surface area contributed by atoms with Crippen LogP contribution in [0.2, 0.25) is 0 Å². The minimum atomic E-state index is -0.106. The molecule has 0 saturated heterocycles. The van der Waals surface area contributed by atoms with Crippen LogP contribution in [0, 0.1) is 11.3 Å². The molecule has 1 amide bonds. The first-order chi connectivity index (χ1) is 13.2. The second kappa shape index (κ2) is 7.77. The quantitative estimate of drug-likeness (QED) is 0.508. The monoisotopic (exact) mass is 374 g/mol. The molecule has 5 nitrogen and oxygen atoms in total. The molecule has 4 rings (SSSR count). The number of rotatable bonds is 6. The Hall–Kier alpha value is -2.91. The Balaban J connectivity index is 1.43. The smallest absolute Gasteiger partial charge is 0.225 e. The summed E-state index contributed by atoms with van der Waals surface area (Å²) < 4.78 is 0. The number of thioether (sulfide) groups is 1. The van der Waals surface area contributed by atoms with E-state index in [9.17, 15) is 4.79 Å². The SMILES string of the molecule is N#Cc1ccccc1NC(=O)CCSc1nc(C2CC2)nc2ccccc12. The fraction of sp³-hybridized carbons (Fsp3) is 0.238. The molecular formula is C21H18N4OS. The van der Waals surface area contributed by atoms with E-state index in [0.29, 0.717) is 29.3 Å². The maximum absolute atomic E-state index is 12.3. The molecule has 27 heavy (non-hydrogen) atoms. The standard InChI is InChI=1S/C21H18N4OS/c22-13-15-5-1-3-7-17(15)23-19(26)11-12-27-21-16-6-2-4-8-18(16)24-20(25-21)14-9-10-14/h1-8,14H,9-12H2,(H,23,26). The summed E-state index contributed by atoms with van der Waals surface area (Å²) >= 11 is 1.58. The molecule has 1 aliphatic carbocycles. The van der Waals surface area contributed by atoms with Crippen LogP contribution in [0.25, 0.3) is 10.9 Å². The van der Waals surface area contributed by atoms with Gasteiger partial charge < -0.3 is 5.32 Å². The molecule has 1 aromatic heterocycles. The van der Waals surface area contributed by atoms with Crippen LogP contribution < -0.4 is 5.32 Å². The number of benzene rings is 2. The van der Waals surface area contributed by atoms with Gasteiger partial charge in [-0.05, 0) is 31.0 Å². The molecule has 0 unspecified atom stereocenters. The molecular weight excluding hydrogens is 356 g/mol. The minimum absolute atomic E-state index is 0.106. The van der Waals surface area contributed by atoms with Gasteiger partial charge in [0.2, 0.25) is 5.91 Å². The second-order valence-electron chi connectivity index (χ2n) is 6.48. The maximum atomic E-state index is 12.3. The van der Waals surface area contributed by atoms with Crippen molar-refractivity contribution in [1.82, 2.24) is 9.97 Å². The predicted molar refractivity (Wildman–Crippen MR) is 107 cm³/mol. The Morgan fingerprint density at radius 2 is 1.93 bits per heavy atom. The highest BCUT2D eigenvalue weighted by atomic mass is 32.2. The van der Waals surface area contributed by atoms with E-state index in [1.807, 2.05) is 24.3 Å². The van der Waals surface area contributed by atoms with Gasteiger partial charge in [0.05, 0.1) is 16.8 Å². The van der Waals surface area contributed by atoms with E-state index in [1.54, 1.807) is 36.0 Å². The van der Waals surface area contributed by atoms with Gasteiger partial charge in [0.15, 0.2) is 0 Å². The number of nitrogens with zero attached hydrogens (tertiary/aromatic N) is 3. The highest BCUT2D eigenvalue weighted by Crippen LogP contribution is 2.39. The average Bonchev–Trinajstić information content (AvgIpc) is 3.53. The summed E-state index contributed by atoms with van der Waals surface area (Å²) in [5, 5.41) is 13.9. The lowest BCUT2D eigenvalue weighted by Crippen LogP contribution is -2.13. The van der Waals surface area contributed by atoms with Crippen LogP contribution >= 0.6 is 11.8 Å². The van der Waals surface area contributed by atoms with Crippen molar-refractivity contribution < 1.29 is 4.79 Å². The van der Waals surface area contributed by atoms with Crippen molar-refractivity contribution in [2.24, 2.45) is 0 Å². The number of anilines is 1. The Bertz CT molecular complexity index is 1040. The first kappa shape index (κ1) is 17.5. The van der Waals surface area contributed by atoms with E-state index in [0.717, 1.165) is 34.6 Å². The van der Waals surface area contributed by atoms with Gasteiger partial charge in [-0.25, -0.2) is 9.97 Å². The highest BCUT2D eigenvalue weighted by Gasteiger charge is 2.27. The van der Waals surface area contributed by atoms with Crippen molar-refractivity contribution in [1.29, 1.82) is 5.26 Å². The molecule has 1 aliphatic rings. The molecule has 1 N–H and O–H groups in total. The largest absolute Gasteiger partial charge is 0.325 e. The van der Waals surface area contributed by atoms with E-state index in [-0.39, 0.29) is 5.91 Å². The molecule has 0 radical (unpaired) electrons. The molecule has 1 saturated carbocycles. The van der Waals surface area contributed by atoms with Gasteiger partial charge in [-0.2, -0.15) is 5.26 Å². The molecule has 134 valence electrons. The number of fused-ring (bicyclic) bond motifs is 1. The molecule has 0 bridgehead atoms. The maximum Gasteiger partial charge on any atom is 0.225 e. The third kappa shape index (κ3) is 4.09. The number of aromatic nitrogens is 2. The molecule has 0 spiro atoms. The van der Waals surface area contributed by atoms with Crippen molar-refractivity contribution in [3.63, 3.8) is 0 Å². The number of amides is 1. The van der Waals surface area contributed by atoms with Crippen LogP contribution in [0.15, 0.2) is 53.6 Å². The van der Waals surface area contributed by atoms with Crippen LogP contribution in [-0.2, 0) is 4.79 Å². The predicted octanol–water partition coefficient (Wildman–Crippen LogP) is 4.50. The lowest BCUT2D eigenvalue weighted by molar-refractivity contribution is -0.115. The van der Waals surface area contributed by atoms with Gasteiger partial charge in [0.1, 0.15) is 16.9 Å². The normalized spacial score (nSPS) is 13.3. The van der Waals surface area contributed by atoms with Crippen molar-refractivity contribution in [2.75, 3.05) is 11.1 Å². The Labute approximate surface area is 161 Å². The van der Waals surface area contributed by atoms with E-state index in [1.165, 1.54) is 0 Å². The third-order valence-electron chi connectivity index (χ3n) is 4.42. The zero-order valence-electron chi connectivity index (χ0n) is 14.7. The Morgan fingerprint density at radius 3 is 2.74 bits per heavy atom. The van der Waals surface area contributed by atoms with Crippen molar-refractivity contribution in [3.8, 4) is 6.07 Å². The topological polar surface area (TPSA) is 78.7 Å². The minimum Gasteiger partial charge on any atom is -0.325 e. The van der Waals surface area contributed by atoms with Gasteiger partial charge in [-0.1, -0.05) is 30.3 Å². The van der Waals surface area contributed by atoms with Crippen LogP contribution in [0.1, 0.15) is 36.6 Å². The van der Waals surface area contributed by atoms with Crippen LogP contribution in [-0.4, -0.2) is 21.6 Å². The van der Waals surface area contributed by atoms with E-state index < -0.39 is 0 Å². The van der Waals surface area contributed by atoms with Crippen molar-refractivity contribution >= 4 is 34.3 Å². The first-order valence-electron chi connectivity index (χ1n) is 8.93. The third-order valence-corrected chi connectivity index (χ3v) is 5.41. The number of hydrogen-bond acceptors (Lipinski definition) is 5. The summed E-state index contributed by atoms with van der Waals surface area (Å²) in [6, 6.07) is 17.1. The van der Waals surface area contributed by atoms with Gasteiger partial charge in [-0.3, -0.25) is 4.79 Å². The molecule has 3 aromatic rings. The van der Waals surface area contributed by atoms with Gasteiger partial charge in [-0.15, -0.1) is 11.8 Å². The molecule has 1 heterocycles. The summed E-state index contributed by atoms with van der Waals surface area (Å²) in [5.41, 5.74) is 1.98. The average molecular weight is 374 g/mol. The van der Waals surface area contributed by atoms with Crippen molar-refractivity contribution in [3.05, 3.63) is 59.9 Å². The zero-order chi connectivity index (χ0) is 18.6. The summed E-state index contributed by atoms with van der Waals surface area (Å²) in [4.78, 5) is 21.7. The lowest BCUT2D eigenvalue weighted by Gasteiger charge is -2.09. The number of para-hydroxylation sites is 2. The van der Waals surface area contributed by atoms with Gasteiger partial charge in [0, 0.05) is 23.5 Å². The summed E-state index contributed by atoms with van der Waals surface area (Å²) in [5.74, 6) is 1.92. The van der Waals surface area contributed by atoms with Crippen molar-refractivity contribution in [2.45, 2.75) is 30.2 Å². The van der Waals surface area contributed by atoms with Gasteiger partial charge >= 0.3 is 0 Å². The summed E-state index contributed by atoms with van der Waals surface area (Å²) in [7, 11) is 0. The lowest BCUT2D eigenvalue weighted by atomic mass is 10.2. The number of hydrogen-bond donors (Lipinski definition) is 1. The first-order valence-corrected chi connectivity index (χ1v) is 9.91. The Kier molecular flexibility index (Phi) is 5.03. The molecule has 0 atom stereocenters. The zero-order valence-corrected chi connectivity index (χ0v) is 15.5. The highest BCUT2D eigenvalue weighted by molar-refractivity contribution is 7.99.